The predicted octanol–water partition coefficient (Wildman–Crippen LogP) is 3.00. The molecule has 1 saturated heterocycles. The molecule has 0 aliphatic carbocycles. The van der Waals surface area contributed by atoms with E-state index in [-0.39, 0.29) is 16.7 Å². The van der Waals surface area contributed by atoms with Crippen molar-refractivity contribution in [3.8, 4) is 17.0 Å². The Labute approximate surface area is 210 Å². The van der Waals surface area contributed by atoms with Gasteiger partial charge < -0.3 is 14.2 Å². The maximum Gasteiger partial charge on any atom is 0.248 e. The first-order valence-electron chi connectivity index (χ1n) is 12.2. The number of methoxy groups -OCH3 is 1. The molecule has 36 heavy (non-hydrogen) atoms. The molecule has 1 fully saturated rings. The van der Waals surface area contributed by atoms with Crippen molar-refractivity contribution in [3.63, 3.8) is 0 Å². The number of hydrogen-bond acceptors (Lipinski definition) is 7. The topological polar surface area (TPSA) is 111 Å². The highest BCUT2D eigenvalue weighted by molar-refractivity contribution is 7.89. The van der Waals surface area contributed by atoms with Gasteiger partial charge in [0.15, 0.2) is 5.76 Å². The van der Waals surface area contributed by atoms with Crippen LogP contribution in [-0.4, -0.2) is 65.2 Å². The third-order valence-corrected chi connectivity index (χ3v) is 9.22. The van der Waals surface area contributed by atoms with Crippen molar-refractivity contribution in [2.75, 3.05) is 26.7 Å². The molecule has 1 amide bonds. The van der Waals surface area contributed by atoms with Gasteiger partial charge in [-0.3, -0.25) is 9.48 Å². The number of aromatic nitrogens is 3. The van der Waals surface area contributed by atoms with Crippen molar-refractivity contribution in [1.82, 2.24) is 24.1 Å². The molecule has 0 unspecified atom stereocenters. The lowest BCUT2D eigenvalue weighted by Crippen LogP contribution is -2.44. The van der Waals surface area contributed by atoms with Crippen molar-refractivity contribution in [1.29, 1.82) is 0 Å². The summed E-state index contributed by atoms with van der Waals surface area (Å²) in [6, 6.07) is 9.83. The van der Waals surface area contributed by atoms with E-state index in [2.05, 4.69) is 5.16 Å². The fraction of sp³-hybridized carbons (Fsp3) is 0.480. The van der Waals surface area contributed by atoms with E-state index in [0.717, 1.165) is 35.7 Å². The second kappa shape index (κ2) is 9.70. The highest BCUT2D eigenvalue weighted by Crippen LogP contribution is 2.30. The van der Waals surface area contributed by atoms with Crippen LogP contribution in [0.1, 0.15) is 36.4 Å². The van der Waals surface area contributed by atoms with Gasteiger partial charge in [0.2, 0.25) is 15.9 Å². The number of piperidine rings is 1. The Hall–Kier alpha value is -3.18. The van der Waals surface area contributed by atoms with E-state index in [1.54, 1.807) is 21.0 Å². The smallest absolute Gasteiger partial charge is 0.248 e. The van der Waals surface area contributed by atoms with E-state index in [9.17, 15) is 13.2 Å². The lowest BCUT2D eigenvalue weighted by atomic mass is 9.96. The highest BCUT2D eigenvalue weighted by atomic mass is 32.2. The van der Waals surface area contributed by atoms with Gasteiger partial charge in [-0.1, -0.05) is 5.16 Å². The van der Waals surface area contributed by atoms with Gasteiger partial charge in [0, 0.05) is 37.7 Å². The molecule has 0 atom stereocenters. The Morgan fingerprint density at radius 3 is 2.44 bits per heavy atom. The molecule has 0 spiro atoms. The molecular weight excluding hydrogens is 482 g/mol. The number of fused-ring (bicyclic) bond motifs is 1. The first-order valence-corrected chi connectivity index (χ1v) is 13.6. The van der Waals surface area contributed by atoms with E-state index < -0.39 is 10.0 Å². The van der Waals surface area contributed by atoms with Gasteiger partial charge >= 0.3 is 0 Å². The van der Waals surface area contributed by atoms with E-state index in [0.29, 0.717) is 50.5 Å². The second-order valence-electron chi connectivity index (χ2n) is 9.42. The molecule has 10 nitrogen and oxygen atoms in total. The van der Waals surface area contributed by atoms with Crippen LogP contribution in [0.5, 0.6) is 5.75 Å². The molecular formula is C25H31N5O5S. The molecule has 2 aliphatic heterocycles. The van der Waals surface area contributed by atoms with Gasteiger partial charge in [-0.05, 0) is 63.4 Å². The van der Waals surface area contributed by atoms with Crippen molar-refractivity contribution >= 4 is 15.9 Å². The molecule has 0 radical (unpaired) electrons. The average Bonchev–Trinajstić information content (AvgIpc) is 3.38. The van der Waals surface area contributed by atoms with E-state index in [1.165, 1.54) is 4.31 Å². The molecule has 1 aromatic carbocycles. The molecule has 2 aliphatic rings. The number of hydrogen-bond donors (Lipinski definition) is 0. The molecule has 5 rings (SSSR count). The fourth-order valence-corrected chi connectivity index (χ4v) is 6.89. The first-order chi connectivity index (χ1) is 17.3. The minimum atomic E-state index is -3.70. The zero-order valence-corrected chi connectivity index (χ0v) is 21.6. The van der Waals surface area contributed by atoms with Crippen LogP contribution in [0.3, 0.4) is 0 Å². The van der Waals surface area contributed by atoms with Crippen LogP contribution in [0, 0.1) is 19.8 Å². The van der Waals surface area contributed by atoms with Crippen LogP contribution in [0.2, 0.25) is 0 Å². The molecule has 4 heterocycles. The molecule has 11 heteroatoms. The summed E-state index contributed by atoms with van der Waals surface area (Å²) in [5.41, 5.74) is 3.24. The van der Waals surface area contributed by atoms with Crippen LogP contribution < -0.4 is 4.74 Å². The SMILES string of the molecule is COc1ccc(-c2cc3n(n2)CCCN(C(=O)C2CCN(S(=O)(=O)c4c(C)noc4C)CC2)C3)cc1. The van der Waals surface area contributed by atoms with Gasteiger partial charge in [-0.25, -0.2) is 8.42 Å². The van der Waals surface area contributed by atoms with Gasteiger partial charge in [-0.15, -0.1) is 0 Å². The van der Waals surface area contributed by atoms with Gasteiger partial charge in [0.05, 0.1) is 25.0 Å². The third kappa shape index (κ3) is 4.53. The predicted molar refractivity (Wildman–Crippen MR) is 132 cm³/mol. The highest BCUT2D eigenvalue weighted by Gasteiger charge is 2.37. The Kier molecular flexibility index (Phi) is 6.60. The standard InChI is InChI=1S/C25H31N5O5S/c1-17-24(18(2)35-27-17)36(32,33)29-13-9-20(10-14-29)25(31)28-11-4-12-30-21(16-28)15-23(26-30)19-5-7-22(34-3)8-6-19/h5-8,15,20H,4,9-14,16H2,1-3H3. The number of aryl methyl sites for hydroxylation is 3. The summed E-state index contributed by atoms with van der Waals surface area (Å²) in [5, 5.41) is 8.55. The number of sulfonamides is 1. The zero-order valence-electron chi connectivity index (χ0n) is 20.8. The minimum Gasteiger partial charge on any atom is -0.497 e. The molecule has 3 aromatic rings. The molecule has 0 saturated carbocycles. The molecule has 0 bridgehead atoms. The summed E-state index contributed by atoms with van der Waals surface area (Å²) in [6.45, 7) is 5.75. The molecule has 2 aromatic heterocycles. The van der Waals surface area contributed by atoms with Crippen LogP contribution in [0.25, 0.3) is 11.3 Å². The first kappa shape index (κ1) is 24.5. The lowest BCUT2D eigenvalue weighted by Gasteiger charge is -2.33. The van der Waals surface area contributed by atoms with Crippen LogP contribution in [0.4, 0.5) is 0 Å². The normalized spacial score (nSPS) is 17.6. The molecule has 192 valence electrons. The maximum absolute atomic E-state index is 13.4. The van der Waals surface area contributed by atoms with Crippen molar-refractivity contribution < 1.29 is 22.5 Å². The number of carbonyl (C=O) groups is 1. The minimum absolute atomic E-state index is 0.0880. The van der Waals surface area contributed by atoms with Crippen LogP contribution >= 0.6 is 0 Å². The average molecular weight is 514 g/mol. The summed E-state index contributed by atoms with van der Waals surface area (Å²) in [5.74, 6) is 0.976. The molecule has 0 N–H and O–H groups in total. The zero-order chi connectivity index (χ0) is 25.4. The largest absolute Gasteiger partial charge is 0.497 e. The second-order valence-corrected chi connectivity index (χ2v) is 11.3. The number of benzene rings is 1. The maximum atomic E-state index is 13.4. The fourth-order valence-electron chi connectivity index (χ4n) is 5.13. The Bertz CT molecular complexity index is 1330. The third-order valence-electron chi connectivity index (χ3n) is 7.08. The van der Waals surface area contributed by atoms with Crippen LogP contribution in [0.15, 0.2) is 39.8 Å². The van der Waals surface area contributed by atoms with E-state index in [1.807, 2.05) is 39.9 Å². The van der Waals surface area contributed by atoms with Crippen molar-refractivity contribution in [2.24, 2.45) is 5.92 Å². The van der Waals surface area contributed by atoms with Crippen molar-refractivity contribution in [3.05, 3.63) is 47.5 Å². The number of ether oxygens (including phenoxy) is 1. The quantitative estimate of drug-likeness (QED) is 0.516. The van der Waals surface area contributed by atoms with Gasteiger partial charge in [0.25, 0.3) is 0 Å². The van der Waals surface area contributed by atoms with E-state index >= 15 is 0 Å². The van der Waals surface area contributed by atoms with Gasteiger partial charge in [0.1, 0.15) is 16.3 Å². The summed E-state index contributed by atoms with van der Waals surface area (Å²) in [6.07, 6.45) is 1.81. The summed E-state index contributed by atoms with van der Waals surface area (Å²) >= 11 is 0. The Balaban J connectivity index is 1.25. The van der Waals surface area contributed by atoms with E-state index in [4.69, 9.17) is 14.4 Å². The Morgan fingerprint density at radius 1 is 1.08 bits per heavy atom. The monoisotopic (exact) mass is 513 g/mol. The van der Waals surface area contributed by atoms with Crippen LogP contribution in [-0.2, 0) is 27.9 Å². The number of carbonyl (C=O) groups excluding carboxylic acids is 1. The Morgan fingerprint density at radius 2 is 1.81 bits per heavy atom. The van der Waals surface area contributed by atoms with Crippen molar-refractivity contribution in [2.45, 2.75) is 51.1 Å². The summed E-state index contributed by atoms with van der Waals surface area (Å²) < 4.78 is 40.0. The number of rotatable bonds is 5. The number of amides is 1. The van der Waals surface area contributed by atoms with Gasteiger partial charge in [-0.2, -0.15) is 9.40 Å². The summed E-state index contributed by atoms with van der Waals surface area (Å²) in [7, 11) is -2.06. The summed E-state index contributed by atoms with van der Waals surface area (Å²) in [4.78, 5) is 15.5. The number of nitrogens with zero attached hydrogens (tertiary/aromatic N) is 5. The lowest BCUT2D eigenvalue weighted by molar-refractivity contribution is -0.137.